The Labute approximate surface area is 449 Å². The van der Waals surface area contributed by atoms with Crippen molar-refractivity contribution in [1.82, 2.24) is 47.9 Å². The molecule has 1 aromatic rings. The molecule has 0 radical (unpaired) electrons. The molecule has 0 aromatic heterocycles. The van der Waals surface area contributed by atoms with Crippen LogP contribution in [0.2, 0.25) is 0 Å². The number of hydrogen-bond acceptors (Lipinski definition) is 14. The van der Waals surface area contributed by atoms with Crippen LogP contribution in [0, 0.1) is 11.8 Å². The lowest BCUT2D eigenvalue weighted by molar-refractivity contribution is -0.136. The molecule has 0 aliphatic carbocycles. The summed E-state index contributed by atoms with van der Waals surface area (Å²) in [6.07, 6.45) is 4.65. The van der Waals surface area contributed by atoms with Crippen molar-refractivity contribution in [2.45, 2.75) is 198 Å². The number of benzene rings is 1. The van der Waals surface area contributed by atoms with Crippen molar-refractivity contribution >= 4 is 53.2 Å². The first-order chi connectivity index (χ1) is 36.3. The molecule has 0 bridgehead atoms. The lowest BCUT2D eigenvalue weighted by Crippen LogP contribution is -2.60. The molecule has 9 atom stereocenters. The number of nitrogens with one attached hydrogen (secondary N) is 9. The van der Waals surface area contributed by atoms with E-state index in [1.165, 1.54) is 0 Å². The van der Waals surface area contributed by atoms with Gasteiger partial charge in [0.2, 0.25) is 53.2 Å². The first-order valence-corrected chi connectivity index (χ1v) is 27.5. The summed E-state index contributed by atoms with van der Waals surface area (Å²) in [4.78, 5) is 127. The van der Waals surface area contributed by atoms with Crippen molar-refractivity contribution in [2.24, 2.45) is 34.8 Å². The van der Waals surface area contributed by atoms with Gasteiger partial charge < -0.3 is 75.9 Å². The fourth-order valence-electron chi connectivity index (χ4n) is 8.72. The highest BCUT2D eigenvalue weighted by atomic mass is 16.3. The van der Waals surface area contributed by atoms with Gasteiger partial charge >= 0.3 is 0 Å². The van der Waals surface area contributed by atoms with Crippen LogP contribution in [-0.4, -0.2) is 145 Å². The number of unbranched alkanes of at least 4 members (excludes halogenated alkanes) is 5. The van der Waals surface area contributed by atoms with Crippen LogP contribution in [0.4, 0.5) is 0 Å². The van der Waals surface area contributed by atoms with Gasteiger partial charge in [0, 0.05) is 13.0 Å². The third-order valence-corrected chi connectivity index (χ3v) is 12.9. The minimum Gasteiger partial charge on any atom is -0.393 e. The number of hydrogen-bond donors (Lipinski definition) is 14. The molecule has 1 aliphatic heterocycles. The van der Waals surface area contributed by atoms with E-state index < -0.39 is 108 Å². The Bertz CT molecular complexity index is 1960. The predicted molar refractivity (Wildman–Crippen MR) is 290 cm³/mol. The summed E-state index contributed by atoms with van der Waals surface area (Å²) in [5, 5.41) is 35.1. The van der Waals surface area contributed by atoms with Crippen LogP contribution in [0.15, 0.2) is 30.3 Å². The third kappa shape index (κ3) is 25.9. The van der Waals surface area contributed by atoms with Gasteiger partial charge in [-0.2, -0.15) is 0 Å². The van der Waals surface area contributed by atoms with E-state index in [4.69, 9.17) is 22.9 Å². The van der Waals surface area contributed by atoms with Crippen LogP contribution in [0.3, 0.4) is 0 Å². The van der Waals surface area contributed by atoms with Crippen molar-refractivity contribution in [3.8, 4) is 0 Å². The quantitative estimate of drug-likeness (QED) is 0.0471. The molecule has 1 fully saturated rings. The largest absolute Gasteiger partial charge is 0.393 e. The maximum absolute atomic E-state index is 14.6. The summed E-state index contributed by atoms with van der Waals surface area (Å²) >= 11 is 0. The van der Waals surface area contributed by atoms with E-state index in [-0.39, 0.29) is 102 Å². The molecule has 76 heavy (non-hydrogen) atoms. The highest BCUT2D eigenvalue weighted by Crippen LogP contribution is 2.14. The van der Waals surface area contributed by atoms with Crippen molar-refractivity contribution in [3.05, 3.63) is 35.9 Å². The second kappa shape index (κ2) is 37.1. The molecule has 430 valence electrons. The topological polar surface area (TPSA) is 386 Å². The highest BCUT2D eigenvalue weighted by molar-refractivity contribution is 5.98. The smallest absolute Gasteiger partial charge is 0.243 e. The van der Waals surface area contributed by atoms with Gasteiger partial charge in [0.05, 0.1) is 12.5 Å². The maximum Gasteiger partial charge on any atom is 0.243 e. The monoisotopic (exact) mass is 1070 g/mol. The van der Waals surface area contributed by atoms with Crippen molar-refractivity contribution in [2.75, 3.05) is 32.7 Å². The molecule has 23 nitrogen and oxygen atoms in total. The van der Waals surface area contributed by atoms with Crippen LogP contribution in [0.5, 0.6) is 0 Å². The summed E-state index contributed by atoms with van der Waals surface area (Å²) in [6, 6.07) is -1.39. The van der Waals surface area contributed by atoms with Gasteiger partial charge in [0.15, 0.2) is 0 Å². The molecule has 18 N–H and O–H groups in total. The number of rotatable bonds is 27. The molecule has 9 amide bonds. The zero-order valence-corrected chi connectivity index (χ0v) is 45.7. The third-order valence-electron chi connectivity index (χ3n) is 12.9. The standard InChI is InChI=1S/C53H93N13O10/c1-6-7-8-9-13-18-36(67)32-45(68)59-38(20-25-55)48(71)63-41-23-28-58-46(69)42(29-33(2)3)64-50(73)40(22-27-57)61-49(72)39(21-26-56)62-52(75)43(30-34(4)5)65-53(76)44(31-35-16-11-10-12-17-35)66-47(70)37(60-51(41)74)19-14-15-24-54/h10-12,16-17,33-34,36-44,67H,6-9,13-15,18-32,54-57H2,1-5H3,(H,58,69)(H,59,68)(H,60,74)(H,61,72)(H,62,75)(H,63,71)(H,64,73)(H,65,76)(H,66,70)/t36-,37+,38-,39+,40+,41+,42+,43+,44-/m1/s1. The minimum absolute atomic E-state index is 0.0394. The summed E-state index contributed by atoms with van der Waals surface area (Å²) in [5.74, 6) is -6.91. The second-order valence-electron chi connectivity index (χ2n) is 20.7. The molecule has 0 spiro atoms. The fraction of sp³-hybridized carbons (Fsp3) is 0.717. The molecule has 1 aromatic carbocycles. The van der Waals surface area contributed by atoms with E-state index in [2.05, 4.69) is 54.8 Å². The Hall–Kier alpha value is -5.75. The van der Waals surface area contributed by atoms with E-state index in [0.717, 1.165) is 32.1 Å². The Morgan fingerprint density at radius 2 is 1.08 bits per heavy atom. The van der Waals surface area contributed by atoms with E-state index >= 15 is 0 Å². The minimum atomic E-state index is -1.45. The average Bonchev–Trinajstić information content (AvgIpc) is 3.36. The van der Waals surface area contributed by atoms with E-state index in [1.54, 1.807) is 30.3 Å². The van der Waals surface area contributed by atoms with Crippen LogP contribution in [0.1, 0.15) is 143 Å². The lowest BCUT2D eigenvalue weighted by atomic mass is 10.00. The Balaban J connectivity index is 2.73. The zero-order valence-electron chi connectivity index (χ0n) is 45.7. The van der Waals surface area contributed by atoms with Gasteiger partial charge in [0.25, 0.3) is 0 Å². The first kappa shape index (κ1) is 66.4. The lowest BCUT2D eigenvalue weighted by Gasteiger charge is -2.28. The Morgan fingerprint density at radius 3 is 1.62 bits per heavy atom. The summed E-state index contributed by atoms with van der Waals surface area (Å²) in [6.45, 7) is 9.33. The van der Waals surface area contributed by atoms with Crippen molar-refractivity contribution in [1.29, 1.82) is 0 Å². The number of nitrogens with two attached hydrogens (primary N) is 4. The van der Waals surface area contributed by atoms with Gasteiger partial charge in [-0.1, -0.05) is 97.1 Å². The van der Waals surface area contributed by atoms with Gasteiger partial charge in [-0.15, -0.1) is 0 Å². The van der Waals surface area contributed by atoms with E-state index in [0.29, 0.717) is 24.8 Å². The maximum atomic E-state index is 14.6. The van der Waals surface area contributed by atoms with E-state index in [9.17, 15) is 48.3 Å². The fourth-order valence-corrected chi connectivity index (χ4v) is 8.72. The number of aliphatic hydroxyl groups is 1. The molecule has 1 heterocycles. The van der Waals surface area contributed by atoms with E-state index in [1.807, 2.05) is 27.7 Å². The van der Waals surface area contributed by atoms with Gasteiger partial charge in [-0.25, -0.2) is 0 Å². The molecular weight excluding hydrogens is 979 g/mol. The van der Waals surface area contributed by atoms with Gasteiger partial charge in [0.1, 0.15) is 48.3 Å². The zero-order chi connectivity index (χ0) is 56.6. The Kier molecular flexibility index (Phi) is 32.4. The summed E-state index contributed by atoms with van der Waals surface area (Å²) in [7, 11) is 0. The van der Waals surface area contributed by atoms with Crippen LogP contribution in [0.25, 0.3) is 0 Å². The van der Waals surface area contributed by atoms with Crippen LogP contribution < -0.4 is 70.8 Å². The number of carbonyl (C=O) groups excluding carboxylic acids is 9. The van der Waals surface area contributed by atoms with Crippen LogP contribution >= 0.6 is 0 Å². The first-order valence-electron chi connectivity index (χ1n) is 27.5. The normalized spacial score (nSPS) is 22.7. The molecule has 1 saturated heterocycles. The van der Waals surface area contributed by atoms with Crippen LogP contribution in [-0.2, 0) is 49.6 Å². The van der Waals surface area contributed by atoms with Crippen molar-refractivity contribution < 1.29 is 48.3 Å². The molecule has 0 unspecified atom stereocenters. The number of carbonyl (C=O) groups is 9. The van der Waals surface area contributed by atoms with Gasteiger partial charge in [-0.05, 0) is 108 Å². The SMILES string of the molecule is CCCCCCC[C@@H](O)CC(=O)N[C@H](CCN)C(=O)N[C@H]1CCNC(=O)[C@H](CC(C)C)NC(=O)[C@H](CCN)NC(=O)[C@H](CCN)NC(=O)[C@H](CC(C)C)NC(=O)[C@@H](Cc2ccccc2)NC(=O)[C@H](CCCCN)NC1=O. The summed E-state index contributed by atoms with van der Waals surface area (Å²) in [5.41, 5.74) is 24.2. The predicted octanol–water partition coefficient (Wildman–Crippen LogP) is -0.994. The Morgan fingerprint density at radius 1 is 0.579 bits per heavy atom. The second-order valence-corrected chi connectivity index (χ2v) is 20.7. The summed E-state index contributed by atoms with van der Waals surface area (Å²) < 4.78 is 0. The molecule has 23 heteroatoms. The average molecular weight is 1070 g/mol. The molecule has 0 saturated carbocycles. The highest BCUT2D eigenvalue weighted by Gasteiger charge is 2.36. The molecular formula is C53H93N13O10. The molecule has 2 rings (SSSR count). The van der Waals surface area contributed by atoms with Crippen molar-refractivity contribution in [3.63, 3.8) is 0 Å². The molecule has 1 aliphatic rings. The van der Waals surface area contributed by atoms with Gasteiger partial charge in [-0.3, -0.25) is 43.2 Å². The number of amides is 9. The number of aliphatic hydroxyl groups excluding tert-OH is 1.